The van der Waals surface area contributed by atoms with E-state index in [2.05, 4.69) is 15.5 Å². The van der Waals surface area contributed by atoms with Crippen LogP contribution >= 0.6 is 11.8 Å². The van der Waals surface area contributed by atoms with Gasteiger partial charge in [0.1, 0.15) is 5.03 Å². The summed E-state index contributed by atoms with van der Waals surface area (Å²) in [7, 11) is 0. The molecule has 0 atom stereocenters. The molecule has 3 aromatic rings. The molecule has 2 aromatic carbocycles. The molecule has 0 aliphatic rings. The maximum absolute atomic E-state index is 12.1. The van der Waals surface area contributed by atoms with Crippen LogP contribution in [0.1, 0.15) is 17.3 Å². The van der Waals surface area contributed by atoms with Gasteiger partial charge in [0.2, 0.25) is 5.91 Å². The van der Waals surface area contributed by atoms with Crippen molar-refractivity contribution in [2.75, 3.05) is 11.1 Å². The number of nitrogens with one attached hydrogen (secondary N) is 1. The average Bonchev–Trinajstić information content (AvgIpc) is 2.73. The molecule has 29 heavy (non-hydrogen) atoms. The van der Waals surface area contributed by atoms with Gasteiger partial charge in [0.25, 0.3) is 5.69 Å². The zero-order valence-electron chi connectivity index (χ0n) is 15.4. The number of benzene rings is 2. The highest BCUT2D eigenvalue weighted by Crippen LogP contribution is 2.23. The van der Waals surface area contributed by atoms with Gasteiger partial charge in [-0.05, 0) is 43.3 Å². The van der Waals surface area contributed by atoms with Crippen LogP contribution in [0.3, 0.4) is 0 Å². The van der Waals surface area contributed by atoms with Crippen molar-refractivity contribution in [3.8, 4) is 11.3 Å². The summed E-state index contributed by atoms with van der Waals surface area (Å²) < 4.78 is 0. The second-order valence-corrected chi connectivity index (χ2v) is 7.03. The first-order valence-corrected chi connectivity index (χ1v) is 9.53. The van der Waals surface area contributed by atoms with Crippen LogP contribution in [0.5, 0.6) is 0 Å². The number of carbonyl (C=O) groups excluding carboxylic acids is 2. The molecular weight excluding hydrogens is 392 g/mol. The lowest BCUT2D eigenvalue weighted by Crippen LogP contribution is -2.14. The van der Waals surface area contributed by atoms with Crippen molar-refractivity contribution >= 4 is 34.8 Å². The number of carbonyl (C=O) groups is 2. The Morgan fingerprint density at radius 2 is 1.83 bits per heavy atom. The van der Waals surface area contributed by atoms with Gasteiger partial charge in [-0.15, -0.1) is 10.2 Å². The Bertz CT molecular complexity index is 1050. The van der Waals surface area contributed by atoms with E-state index in [4.69, 9.17) is 0 Å². The Labute approximate surface area is 170 Å². The SMILES string of the molecule is CC(=O)c1ccc(NC(=O)CSc2ccc(-c3cccc([N+](=O)[O-])c3)nn2)cc1. The first kappa shape index (κ1) is 20.2. The van der Waals surface area contributed by atoms with E-state index in [1.165, 1.54) is 30.8 Å². The van der Waals surface area contributed by atoms with Crippen LogP contribution in [0.4, 0.5) is 11.4 Å². The Morgan fingerprint density at radius 1 is 1.07 bits per heavy atom. The highest BCUT2D eigenvalue weighted by molar-refractivity contribution is 7.99. The summed E-state index contributed by atoms with van der Waals surface area (Å²) in [5, 5.41) is 22.3. The van der Waals surface area contributed by atoms with Gasteiger partial charge >= 0.3 is 0 Å². The fraction of sp³-hybridized carbons (Fsp3) is 0.100. The molecule has 0 fully saturated rings. The van der Waals surface area contributed by atoms with Gasteiger partial charge in [0.15, 0.2) is 5.78 Å². The molecular formula is C20H16N4O4S. The number of Topliss-reactive ketones (excluding diaryl/α,β-unsaturated/α-hetero) is 1. The number of nitrogens with zero attached hydrogens (tertiary/aromatic N) is 3. The highest BCUT2D eigenvalue weighted by atomic mass is 32.2. The number of aromatic nitrogens is 2. The summed E-state index contributed by atoms with van der Waals surface area (Å²) in [6.07, 6.45) is 0. The van der Waals surface area contributed by atoms with Gasteiger partial charge in [-0.2, -0.15) is 0 Å². The number of thioether (sulfide) groups is 1. The van der Waals surface area contributed by atoms with Crippen molar-refractivity contribution in [1.82, 2.24) is 10.2 Å². The van der Waals surface area contributed by atoms with E-state index in [1.807, 2.05) is 0 Å². The summed E-state index contributed by atoms with van der Waals surface area (Å²) >= 11 is 1.22. The lowest BCUT2D eigenvalue weighted by molar-refractivity contribution is -0.384. The van der Waals surface area contributed by atoms with Gasteiger partial charge < -0.3 is 5.32 Å². The van der Waals surface area contributed by atoms with Crippen molar-refractivity contribution in [3.63, 3.8) is 0 Å². The van der Waals surface area contributed by atoms with E-state index in [9.17, 15) is 19.7 Å². The van der Waals surface area contributed by atoms with Crippen LogP contribution in [0.2, 0.25) is 0 Å². The maximum atomic E-state index is 12.1. The van der Waals surface area contributed by atoms with Crippen LogP contribution < -0.4 is 5.32 Å². The van der Waals surface area contributed by atoms with E-state index in [1.54, 1.807) is 48.5 Å². The Morgan fingerprint density at radius 3 is 2.45 bits per heavy atom. The third-order valence-corrected chi connectivity index (χ3v) is 4.84. The van der Waals surface area contributed by atoms with Crippen LogP contribution in [0.15, 0.2) is 65.7 Å². The summed E-state index contributed by atoms with van der Waals surface area (Å²) in [6, 6.07) is 16.2. The van der Waals surface area contributed by atoms with Crippen molar-refractivity contribution in [1.29, 1.82) is 0 Å². The molecule has 0 bridgehead atoms. The average molecular weight is 408 g/mol. The normalized spacial score (nSPS) is 10.4. The number of hydrogen-bond acceptors (Lipinski definition) is 7. The Kier molecular flexibility index (Phi) is 6.30. The van der Waals surface area contributed by atoms with E-state index >= 15 is 0 Å². The number of nitro groups is 1. The first-order valence-electron chi connectivity index (χ1n) is 8.54. The van der Waals surface area contributed by atoms with Gasteiger partial charge in [-0.3, -0.25) is 19.7 Å². The molecule has 0 unspecified atom stereocenters. The predicted octanol–water partition coefficient (Wildman–Crippen LogP) is 3.99. The summed E-state index contributed by atoms with van der Waals surface area (Å²) in [5.41, 5.74) is 2.27. The zero-order chi connectivity index (χ0) is 20.8. The lowest BCUT2D eigenvalue weighted by atomic mass is 10.1. The third kappa shape index (κ3) is 5.45. The lowest BCUT2D eigenvalue weighted by Gasteiger charge is -2.06. The fourth-order valence-electron chi connectivity index (χ4n) is 2.45. The Balaban J connectivity index is 1.57. The zero-order valence-corrected chi connectivity index (χ0v) is 16.2. The van der Waals surface area contributed by atoms with E-state index in [0.717, 1.165) is 0 Å². The summed E-state index contributed by atoms with van der Waals surface area (Å²) in [5.74, 6) is -0.111. The monoisotopic (exact) mass is 408 g/mol. The highest BCUT2D eigenvalue weighted by Gasteiger charge is 2.10. The summed E-state index contributed by atoms with van der Waals surface area (Å²) in [6.45, 7) is 1.48. The molecule has 9 heteroatoms. The second-order valence-electron chi connectivity index (χ2n) is 6.03. The minimum absolute atomic E-state index is 0.0178. The molecule has 1 N–H and O–H groups in total. The van der Waals surface area contributed by atoms with Crippen LogP contribution in [0, 0.1) is 10.1 Å². The number of rotatable bonds is 7. The van der Waals surface area contributed by atoms with Crippen LogP contribution in [-0.2, 0) is 4.79 Å². The quantitative estimate of drug-likeness (QED) is 0.272. The molecule has 3 rings (SSSR count). The first-order chi connectivity index (χ1) is 13.9. The standard InChI is InChI=1S/C20H16N4O4S/c1-13(25)14-5-7-16(8-6-14)21-19(26)12-29-20-10-9-18(22-23-20)15-3-2-4-17(11-15)24(27)28/h2-11H,12H2,1H3,(H,21,26). The third-order valence-electron chi connectivity index (χ3n) is 3.92. The second kappa shape index (κ2) is 9.07. The molecule has 1 aromatic heterocycles. The number of nitro benzene ring substituents is 1. The molecule has 0 saturated carbocycles. The van der Waals surface area contributed by atoms with E-state index in [0.29, 0.717) is 27.5 Å². The maximum Gasteiger partial charge on any atom is 0.270 e. The molecule has 1 heterocycles. The fourth-order valence-corrected chi connectivity index (χ4v) is 3.07. The van der Waals surface area contributed by atoms with Crippen LogP contribution in [-0.4, -0.2) is 32.6 Å². The minimum atomic E-state index is -0.465. The summed E-state index contributed by atoms with van der Waals surface area (Å²) in [4.78, 5) is 33.8. The van der Waals surface area contributed by atoms with Gasteiger partial charge in [0, 0.05) is 28.9 Å². The van der Waals surface area contributed by atoms with Gasteiger partial charge in [0.05, 0.1) is 16.4 Å². The van der Waals surface area contributed by atoms with Crippen molar-refractivity contribution in [2.24, 2.45) is 0 Å². The van der Waals surface area contributed by atoms with Crippen molar-refractivity contribution in [3.05, 3.63) is 76.3 Å². The van der Waals surface area contributed by atoms with Crippen LogP contribution in [0.25, 0.3) is 11.3 Å². The largest absolute Gasteiger partial charge is 0.325 e. The molecule has 0 aliphatic carbocycles. The number of hydrogen-bond donors (Lipinski definition) is 1. The smallest absolute Gasteiger partial charge is 0.270 e. The minimum Gasteiger partial charge on any atom is -0.325 e. The topological polar surface area (TPSA) is 115 Å². The van der Waals surface area contributed by atoms with Crippen molar-refractivity contribution in [2.45, 2.75) is 11.9 Å². The molecule has 0 radical (unpaired) electrons. The predicted molar refractivity (Wildman–Crippen MR) is 110 cm³/mol. The van der Waals surface area contributed by atoms with Gasteiger partial charge in [-0.25, -0.2) is 0 Å². The van der Waals surface area contributed by atoms with Crippen molar-refractivity contribution < 1.29 is 14.5 Å². The molecule has 0 saturated heterocycles. The molecule has 0 aliphatic heterocycles. The molecule has 8 nitrogen and oxygen atoms in total. The van der Waals surface area contributed by atoms with E-state index < -0.39 is 4.92 Å². The van der Waals surface area contributed by atoms with E-state index in [-0.39, 0.29) is 23.1 Å². The molecule has 0 spiro atoms. The van der Waals surface area contributed by atoms with Gasteiger partial charge in [-0.1, -0.05) is 23.9 Å². The number of amides is 1. The number of ketones is 1. The number of anilines is 1. The molecule has 1 amide bonds. The Hall–Kier alpha value is -3.59. The molecule has 146 valence electrons. The number of non-ortho nitro benzene ring substituents is 1.